The molecule has 0 saturated carbocycles. The Bertz CT molecular complexity index is 378. The molecule has 5 nitrogen and oxygen atoms in total. The molecule has 0 fully saturated rings. The molecule has 1 N–H and O–H groups in total. The zero-order valence-corrected chi connectivity index (χ0v) is 10.7. The van der Waals surface area contributed by atoms with E-state index in [-0.39, 0.29) is 6.04 Å². The molecule has 0 aliphatic heterocycles. The van der Waals surface area contributed by atoms with Crippen LogP contribution in [0.2, 0.25) is 0 Å². The number of thiazole rings is 1. The van der Waals surface area contributed by atoms with Crippen molar-refractivity contribution in [3.8, 4) is 0 Å². The van der Waals surface area contributed by atoms with Crippen molar-refractivity contribution in [2.45, 2.75) is 19.9 Å². The third-order valence-corrected chi connectivity index (χ3v) is 3.59. The first-order valence-electron chi connectivity index (χ1n) is 4.89. The van der Waals surface area contributed by atoms with Crippen molar-refractivity contribution in [3.05, 3.63) is 10.6 Å². The van der Waals surface area contributed by atoms with Crippen LogP contribution in [0.15, 0.2) is 0 Å². The van der Waals surface area contributed by atoms with Crippen LogP contribution in [0.3, 0.4) is 0 Å². The van der Waals surface area contributed by atoms with Gasteiger partial charge in [-0.05, 0) is 13.8 Å². The molecule has 0 aliphatic rings. The molecule has 0 amide bonds. The number of aromatic nitrogens is 1. The summed E-state index contributed by atoms with van der Waals surface area (Å²) in [4.78, 5) is 17.3. The normalized spacial score (nSPS) is 12.5. The second-order valence-electron chi connectivity index (χ2n) is 3.63. The Hall–Kier alpha value is -1.14. The molecule has 90 valence electrons. The number of carboxylic acid groups (broad SMARTS) is 1. The van der Waals surface area contributed by atoms with E-state index in [1.807, 2.05) is 18.9 Å². The van der Waals surface area contributed by atoms with E-state index in [1.165, 1.54) is 11.3 Å². The Kier molecular flexibility index (Phi) is 4.26. The largest absolute Gasteiger partial charge is 0.477 e. The molecule has 16 heavy (non-hydrogen) atoms. The van der Waals surface area contributed by atoms with Gasteiger partial charge in [0.25, 0.3) is 0 Å². The van der Waals surface area contributed by atoms with Crippen molar-refractivity contribution in [2.75, 3.05) is 25.7 Å². The van der Waals surface area contributed by atoms with Crippen molar-refractivity contribution >= 4 is 22.4 Å². The van der Waals surface area contributed by atoms with Crippen LogP contribution in [-0.2, 0) is 4.74 Å². The average molecular weight is 244 g/mol. The monoisotopic (exact) mass is 244 g/mol. The summed E-state index contributed by atoms with van der Waals surface area (Å²) < 4.78 is 5.05. The molecule has 6 heteroatoms. The number of aryl methyl sites for hydroxylation is 1. The van der Waals surface area contributed by atoms with Gasteiger partial charge in [-0.2, -0.15) is 0 Å². The van der Waals surface area contributed by atoms with Crippen LogP contribution in [-0.4, -0.2) is 42.9 Å². The predicted molar refractivity (Wildman–Crippen MR) is 63.6 cm³/mol. The number of hydrogen-bond donors (Lipinski definition) is 1. The topological polar surface area (TPSA) is 62.7 Å². The molecule has 1 aromatic heterocycles. The highest BCUT2D eigenvalue weighted by molar-refractivity contribution is 7.17. The summed E-state index contributed by atoms with van der Waals surface area (Å²) in [5, 5.41) is 9.64. The van der Waals surface area contributed by atoms with E-state index in [0.29, 0.717) is 22.3 Å². The number of carboxylic acids is 1. The second-order valence-corrected chi connectivity index (χ2v) is 4.61. The molecular weight excluding hydrogens is 228 g/mol. The van der Waals surface area contributed by atoms with E-state index in [4.69, 9.17) is 9.84 Å². The summed E-state index contributed by atoms with van der Waals surface area (Å²) in [5.41, 5.74) is 0.559. The summed E-state index contributed by atoms with van der Waals surface area (Å²) in [6.07, 6.45) is 0. The summed E-state index contributed by atoms with van der Waals surface area (Å²) in [5.74, 6) is -0.922. The van der Waals surface area contributed by atoms with Crippen molar-refractivity contribution in [3.63, 3.8) is 0 Å². The van der Waals surface area contributed by atoms with Crippen LogP contribution >= 0.6 is 11.3 Å². The molecular formula is C10H16N2O3S. The second kappa shape index (κ2) is 5.27. The third kappa shape index (κ3) is 2.70. The average Bonchev–Trinajstić information content (AvgIpc) is 2.59. The number of methoxy groups -OCH3 is 1. The summed E-state index contributed by atoms with van der Waals surface area (Å²) in [6.45, 7) is 4.29. The molecule has 0 saturated heterocycles. The number of anilines is 1. The quantitative estimate of drug-likeness (QED) is 0.852. The van der Waals surface area contributed by atoms with E-state index in [1.54, 1.807) is 14.0 Å². The number of aromatic carboxylic acids is 1. The predicted octanol–water partition coefficient (Wildman–Crippen LogP) is 1.62. The molecule has 1 atom stereocenters. The highest BCUT2D eigenvalue weighted by Crippen LogP contribution is 2.26. The van der Waals surface area contributed by atoms with Crippen molar-refractivity contribution < 1.29 is 14.6 Å². The van der Waals surface area contributed by atoms with Gasteiger partial charge in [0.2, 0.25) is 0 Å². The Morgan fingerprint density at radius 2 is 2.31 bits per heavy atom. The minimum absolute atomic E-state index is 0.164. The van der Waals surface area contributed by atoms with E-state index in [0.717, 1.165) is 0 Å². The number of carbonyl (C=O) groups is 1. The molecule has 0 bridgehead atoms. The van der Waals surface area contributed by atoms with Gasteiger partial charge in [-0.15, -0.1) is 0 Å². The smallest absolute Gasteiger partial charge is 0.347 e. The van der Waals surface area contributed by atoms with Gasteiger partial charge in [0.1, 0.15) is 4.88 Å². The minimum Gasteiger partial charge on any atom is -0.477 e. The number of likely N-dealkylation sites (N-methyl/N-ethyl adjacent to an activating group) is 1. The summed E-state index contributed by atoms with van der Waals surface area (Å²) in [6, 6.07) is 0.164. The Morgan fingerprint density at radius 3 is 2.75 bits per heavy atom. The molecule has 1 unspecified atom stereocenters. The van der Waals surface area contributed by atoms with Crippen LogP contribution < -0.4 is 4.90 Å². The maximum absolute atomic E-state index is 10.9. The molecule has 1 heterocycles. The third-order valence-electron chi connectivity index (χ3n) is 2.35. The fraction of sp³-hybridized carbons (Fsp3) is 0.600. The number of rotatable bonds is 5. The summed E-state index contributed by atoms with van der Waals surface area (Å²) in [7, 11) is 3.52. The Balaban J connectivity index is 2.88. The van der Waals surface area contributed by atoms with Crippen LogP contribution in [0.4, 0.5) is 5.13 Å². The lowest BCUT2D eigenvalue weighted by Gasteiger charge is -2.23. The van der Waals surface area contributed by atoms with Gasteiger partial charge in [0, 0.05) is 14.2 Å². The van der Waals surface area contributed by atoms with Gasteiger partial charge in [0.15, 0.2) is 5.13 Å². The van der Waals surface area contributed by atoms with Crippen molar-refractivity contribution in [1.82, 2.24) is 4.98 Å². The van der Waals surface area contributed by atoms with Gasteiger partial charge in [-0.25, -0.2) is 9.78 Å². The first kappa shape index (κ1) is 12.9. The maximum Gasteiger partial charge on any atom is 0.347 e. The van der Waals surface area contributed by atoms with Crippen molar-refractivity contribution in [2.24, 2.45) is 0 Å². The zero-order chi connectivity index (χ0) is 12.3. The minimum atomic E-state index is -0.922. The lowest BCUT2D eigenvalue weighted by Crippen LogP contribution is -2.32. The number of hydrogen-bond acceptors (Lipinski definition) is 5. The fourth-order valence-corrected chi connectivity index (χ4v) is 2.24. The molecule has 0 aromatic carbocycles. The first-order chi connectivity index (χ1) is 7.47. The van der Waals surface area contributed by atoms with Gasteiger partial charge >= 0.3 is 5.97 Å². The Labute approximate surface area is 98.7 Å². The maximum atomic E-state index is 10.9. The van der Waals surface area contributed by atoms with Crippen molar-refractivity contribution in [1.29, 1.82) is 0 Å². The van der Waals surface area contributed by atoms with Gasteiger partial charge in [0.05, 0.1) is 18.3 Å². The van der Waals surface area contributed by atoms with E-state index in [9.17, 15) is 4.79 Å². The van der Waals surface area contributed by atoms with Crippen LogP contribution in [0.1, 0.15) is 22.3 Å². The van der Waals surface area contributed by atoms with Gasteiger partial charge in [-0.1, -0.05) is 11.3 Å². The summed E-state index contributed by atoms with van der Waals surface area (Å²) >= 11 is 1.19. The number of nitrogens with zero attached hydrogens (tertiary/aromatic N) is 2. The molecule has 0 aliphatic carbocycles. The molecule has 0 radical (unpaired) electrons. The first-order valence-corrected chi connectivity index (χ1v) is 5.71. The fourth-order valence-electron chi connectivity index (χ4n) is 1.27. The van der Waals surface area contributed by atoms with Gasteiger partial charge < -0.3 is 14.7 Å². The lowest BCUT2D eigenvalue weighted by molar-refractivity contribution is 0.0701. The molecule has 1 rings (SSSR count). The zero-order valence-electron chi connectivity index (χ0n) is 9.85. The van der Waals surface area contributed by atoms with E-state index < -0.39 is 5.97 Å². The standard InChI is InChI=1S/C10H16N2O3S/c1-6(5-15-4)12(3)10-11-7(2)8(16-10)9(13)14/h6H,5H2,1-4H3,(H,13,14). The molecule has 0 spiro atoms. The Morgan fingerprint density at radius 1 is 1.69 bits per heavy atom. The van der Waals surface area contributed by atoms with Crippen LogP contribution in [0.5, 0.6) is 0 Å². The van der Waals surface area contributed by atoms with Crippen LogP contribution in [0, 0.1) is 6.92 Å². The highest BCUT2D eigenvalue weighted by atomic mass is 32.1. The van der Waals surface area contributed by atoms with Gasteiger partial charge in [-0.3, -0.25) is 0 Å². The lowest BCUT2D eigenvalue weighted by atomic mass is 10.3. The SMILES string of the molecule is COCC(C)N(C)c1nc(C)c(C(=O)O)s1. The van der Waals surface area contributed by atoms with Crippen LogP contribution in [0.25, 0.3) is 0 Å². The van der Waals surface area contributed by atoms with E-state index in [2.05, 4.69) is 4.98 Å². The highest BCUT2D eigenvalue weighted by Gasteiger charge is 2.18. The number of ether oxygens (including phenoxy) is 1. The van der Waals surface area contributed by atoms with E-state index >= 15 is 0 Å². The molecule has 1 aromatic rings.